The Hall–Kier alpha value is -3.23. The van der Waals surface area contributed by atoms with Gasteiger partial charge in [-0.2, -0.15) is 0 Å². The molecule has 0 fully saturated rings. The molecule has 170 valence electrons. The van der Waals surface area contributed by atoms with Crippen LogP contribution in [0.2, 0.25) is 0 Å². The van der Waals surface area contributed by atoms with Crippen LogP contribution >= 0.6 is 11.9 Å². The number of nitrogens with one attached hydrogen (secondary N) is 2. The van der Waals surface area contributed by atoms with Gasteiger partial charge >= 0.3 is 0 Å². The summed E-state index contributed by atoms with van der Waals surface area (Å²) in [5, 5.41) is 2.91. The number of pyridine rings is 1. The van der Waals surface area contributed by atoms with Crippen LogP contribution in [-0.2, 0) is 11.2 Å². The standard InChI is InChI=1S/C25H25FN4O2S/c1-25(2,3)29-33-19-12-10-18(11-13-19)28-23(31)22-15-20-21(5-4-14-27-20)30(22)24(32)16-6-8-17(26)9-7-16/h4-14,22,29H,15H2,1-3H3,(H,28,31). The maximum atomic E-state index is 13.3. The Morgan fingerprint density at radius 3 is 2.42 bits per heavy atom. The van der Waals surface area contributed by atoms with Gasteiger partial charge < -0.3 is 5.32 Å². The van der Waals surface area contributed by atoms with E-state index < -0.39 is 11.9 Å². The van der Waals surface area contributed by atoms with E-state index in [4.69, 9.17) is 0 Å². The third kappa shape index (κ3) is 5.40. The van der Waals surface area contributed by atoms with Crippen molar-refractivity contribution in [3.63, 3.8) is 0 Å². The quantitative estimate of drug-likeness (QED) is 0.530. The molecule has 4 rings (SSSR count). The third-order valence-electron chi connectivity index (χ3n) is 5.03. The molecule has 0 radical (unpaired) electrons. The molecule has 2 heterocycles. The van der Waals surface area contributed by atoms with Crippen LogP contribution in [0.25, 0.3) is 0 Å². The first-order valence-electron chi connectivity index (χ1n) is 10.6. The molecule has 1 aromatic heterocycles. The van der Waals surface area contributed by atoms with Crippen molar-refractivity contribution in [3.05, 3.63) is 83.9 Å². The molecule has 1 aliphatic heterocycles. The van der Waals surface area contributed by atoms with E-state index >= 15 is 0 Å². The Labute approximate surface area is 196 Å². The summed E-state index contributed by atoms with van der Waals surface area (Å²) in [6.07, 6.45) is 1.94. The number of amides is 2. The van der Waals surface area contributed by atoms with E-state index in [1.165, 1.54) is 41.1 Å². The normalized spacial score (nSPS) is 15.3. The molecule has 2 N–H and O–H groups in total. The number of fused-ring (bicyclic) bond motifs is 1. The Kier molecular flexibility index (Phi) is 6.49. The summed E-state index contributed by atoms with van der Waals surface area (Å²) in [7, 11) is 0. The first-order chi connectivity index (χ1) is 15.7. The number of aromatic nitrogens is 1. The second kappa shape index (κ2) is 9.33. The van der Waals surface area contributed by atoms with E-state index in [-0.39, 0.29) is 17.4 Å². The van der Waals surface area contributed by atoms with Crippen molar-refractivity contribution in [3.8, 4) is 0 Å². The van der Waals surface area contributed by atoms with Crippen molar-refractivity contribution in [2.45, 2.75) is 43.7 Å². The van der Waals surface area contributed by atoms with Crippen molar-refractivity contribution in [1.29, 1.82) is 0 Å². The minimum atomic E-state index is -0.760. The second-order valence-electron chi connectivity index (χ2n) is 8.84. The average molecular weight is 465 g/mol. The number of hydrogen-bond acceptors (Lipinski definition) is 5. The summed E-state index contributed by atoms with van der Waals surface area (Å²) in [5.41, 5.74) is 2.18. The van der Waals surface area contributed by atoms with Crippen LogP contribution in [0.15, 0.2) is 71.8 Å². The van der Waals surface area contributed by atoms with E-state index in [1.807, 2.05) is 24.3 Å². The fourth-order valence-corrected chi connectivity index (χ4v) is 4.18. The zero-order valence-electron chi connectivity index (χ0n) is 18.6. The molecule has 0 saturated carbocycles. The maximum absolute atomic E-state index is 13.3. The van der Waals surface area contributed by atoms with E-state index in [0.717, 1.165) is 4.90 Å². The van der Waals surface area contributed by atoms with Gasteiger partial charge in [-0.05, 0) is 93.4 Å². The highest BCUT2D eigenvalue weighted by molar-refractivity contribution is 7.97. The lowest BCUT2D eigenvalue weighted by Gasteiger charge is -2.25. The van der Waals surface area contributed by atoms with Crippen molar-refractivity contribution in [2.75, 3.05) is 10.2 Å². The van der Waals surface area contributed by atoms with Gasteiger partial charge in [0.2, 0.25) is 5.91 Å². The smallest absolute Gasteiger partial charge is 0.259 e. The molecular formula is C25H25FN4O2S. The minimum absolute atomic E-state index is 0.0242. The molecule has 6 nitrogen and oxygen atoms in total. The van der Waals surface area contributed by atoms with Crippen LogP contribution in [-0.4, -0.2) is 28.4 Å². The molecule has 0 spiro atoms. The van der Waals surface area contributed by atoms with Gasteiger partial charge in [0.25, 0.3) is 5.91 Å². The topological polar surface area (TPSA) is 74.3 Å². The fourth-order valence-electron chi connectivity index (χ4n) is 3.48. The van der Waals surface area contributed by atoms with Crippen LogP contribution in [0.3, 0.4) is 0 Å². The lowest BCUT2D eigenvalue weighted by atomic mass is 10.1. The Morgan fingerprint density at radius 2 is 1.76 bits per heavy atom. The summed E-state index contributed by atoms with van der Waals surface area (Å²) in [6.45, 7) is 6.26. The Bertz CT molecular complexity index is 1160. The molecule has 0 aliphatic carbocycles. The monoisotopic (exact) mass is 464 g/mol. The summed E-state index contributed by atoms with van der Waals surface area (Å²) in [6, 6.07) is 15.5. The van der Waals surface area contributed by atoms with Crippen molar-refractivity contribution in [1.82, 2.24) is 9.71 Å². The van der Waals surface area contributed by atoms with Gasteiger partial charge in [0, 0.05) is 34.3 Å². The lowest BCUT2D eigenvalue weighted by Crippen LogP contribution is -2.45. The molecule has 1 unspecified atom stereocenters. The highest BCUT2D eigenvalue weighted by Gasteiger charge is 2.39. The first-order valence-corrected chi connectivity index (χ1v) is 11.4. The van der Waals surface area contributed by atoms with Crippen LogP contribution in [0.4, 0.5) is 15.8 Å². The molecule has 0 saturated heterocycles. The average Bonchev–Trinajstić information content (AvgIpc) is 3.18. The third-order valence-corrected chi connectivity index (χ3v) is 6.26. The molecule has 33 heavy (non-hydrogen) atoms. The summed E-state index contributed by atoms with van der Waals surface area (Å²) in [4.78, 5) is 33.3. The number of benzene rings is 2. The molecule has 2 amide bonds. The van der Waals surface area contributed by atoms with Gasteiger partial charge in [0.1, 0.15) is 11.9 Å². The van der Waals surface area contributed by atoms with E-state index in [9.17, 15) is 14.0 Å². The van der Waals surface area contributed by atoms with Crippen molar-refractivity contribution < 1.29 is 14.0 Å². The maximum Gasteiger partial charge on any atom is 0.259 e. The van der Waals surface area contributed by atoms with Gasteiger partial charge in [-0.15, -0.1) is 0 Å². The van der Waals surface area contributed by atoms with Crippen LogP contribution in [0.1, 0.15) is 36.8 Å². The molecule has 1 atom stereocenters. The van der Waals surface area contributed by atoms with Crippen LogP contribution < -0.4 is 14.9 Å². The zero-order valence-corrected chi connectivity index (χ0v) is 19.4. The lowest BCUT2D eigenvalue weighted by molar-refractivity contribution is -0.117. The highest BCUT2D eigenvalue weighted by atomic mass is 32.2. The van der Waals surface area contributed by atoms with Crippen molar-refractivity contribution in [2.24, 2.45) is 0 Å². The van der Waals surface area contributed by atoms with Gasteiger partial charge in [-0.3, -0.25) is 24.2 Å². The van der Waals surface area contributed by atoms with Gasteiger partial charge in [-0.1, -0.05) is 0 Å². The van der Waals surface area contributed by atoms with E-state index in [2.05, 4.69) is 35.8 Å². The number of hydrogen-bond donors (Lipinski definition) is 2. The molecule has 0 bridgehead atoms. The zero-order chi connectivity index (χ0) is 23.6. The predicted molar refractivity (Wildman–Crippen MR) is 129 cm³/mol. The molecule has 1 aliphatic rings. The number of carbonyl (C=O) groups is 2. The SMILES string of the molecule is CC(C)(C)NSc1ccc(NC(=O)C2Cc3ncccc3N2C(=O)c2ccc(F)cc2)cc1. The number of nitrogens with zero attached hydrogens (tertiary/aromatic N) is 2. The molecule has 2 aromatic carbocycles. The Morgan fingerprint density at radius 1 is 1.06 bits per heavy atom. The van der Waals surface area contributed by atoms with Crippen molar-refractivity contribution >= 4 is 35.1 Å². The van der Waals surface area contributed by atoms with E-state index in [0.29, 0.717) is 29.1 Å². The number of carbonyl (C=O) groups excluding carboxylic acids is 2. The minimum Gasteiger partial charge on any atom is -0.324 e. The number of anilines is 2. The van der Waals surface area contributed by atoms with Crippen LogP contribution in [0, 0.1) is 5.82 Å². The van der Waals surface area contributed by atoms with Crippen LogP contribution in [0.5, 0.6) is 0 Å². The largest absolute Gasteiger partial charge is 0.324 e. The van der Waals surface area contributed by atoms with Gasteiger partial charge in [0.05, 0.1) is 11.4 Å². The second-order valence-corrected chi connectivity index (χ2v) is 9.72. The molecule has 3 aromatic rings. The predicted octanol–water partition coefficient (Wildman–Crippen LogP) is 4.83. The fraction of sp³-hybridized carbons (Fsp3) is 0.240. The number of rotatable bonds is 5. The summed E-state index contributed by atoms with van der Waals surface area (Å²) in [5.74, 6) is -1.11. The van der Waals surface area contributed by atoms with Gasteiger partial charge in [0.15, 0.2) is 0 Å². The number of halogens is 1. The van der Waals surface area contributed by atoms with E-state index in [1.54, 1.807) is 18.3 Å². The molecule has 8 heteroatoms. The van der Waals surface area contributed by atoms with Gasteiger partial charge in [-0.25, -0.2) is 4.39 Å². The molecular weight excluding hydrogens is 439 g/mol. The summed E-state index contributed by atoms with van der Waals surface area (Å²) < 4.78 is 16.7. The summed E-state index contributed by atoms with van der Waals surface area (Å²) >= 11 is 1.52. The highest BCUT2D eigenvalue weighted by Crippen LogP contribution is 2.33. The first kappa shape index (κ1) is 22.9. The Balaban J connectivity index is 1.52.